The van der Waals surface area contributed by atoms with Crippen molar-refractivity contribution >= 4 is 5.91 Å². The lowest BCUT2D eigenvalue weighted by atomic mass is 9.96. The lowest BCUT2D eigenvalue weighted by Crippen LogP contribution is -2.52. The topological polar surface area (TPSA) is 65.7 Å². The van der Waals surface area contributed by atoms with Gasteiger partial charge >= 0.3 is 0 Å². The normalized spacial score (nSPS) is 24.2. The van der Waals surface area contributed by atoms with E-state index in [9.17, 15) is 4.79 Å². The van der Waals surface area contributed by atoms with Crippen molar-refractivity contribution in [3.8, 4) is 0 Å². The second kappa shape index (κ2) is 8.27. The first-order valence-corrected chi connectivity index (χ1v) is 10.4. The molecule has 1 aromatic heterocycles. The summed E-state index contributed by atoms with van der Waals surface area (Å²) in [4.78, 5) is 24.0. The largest absolute Gasteiger partial charge is 0.339 e. The van der Waals surface area contributed by atoms with Crippen LogP contribution in [0.4, 0.5) is 0 Å². The van der Waals surface area contributed by atoms with Crippen LogP contribution >= 0.6 is 0 Å². The Morgan fingerprint density at radius 1 is 1.19 bits per heavy atom. The van der Waals surface area contributed by atoms with Gasteiger partial charge in [0.05, 0.1) is 12.6 Å². The van der Waals surface area contributed by atoms with Crippen LogP contribution in [0.2, 0.25) is 0 Å². The molecule has 2 atom stereocenters. The van der Waals surface area contributed by atoms with E-state index in [0.717, 1.165) is 51.4 Å². The minimum Gasteiger partial charge on any atom is -0.339 e. The Labute approximate surface area is 163 Å². The van der Waals surface area contributed by atoms with Crippen LogP contribution in [0, 0.1) is 0 Å². The van der Waals surface area contributed by atoms with Crippen molar-refractivity contribution in [2.45, 2.75) is 71.4 Å². The van der Waals surface area contributed by atoms with Crippen molar-refractivity contribution in [2.75, 3.05) is 39.3 Å². The number of carbonyl (C=O) groups is 1. The van der Waals surface area contributed by atoms with Gasteiger partial charge in [0.1, 0.15) is 0 Å². The van der Waals surface area contributed by atoms with Crippen LogP contribution < -0.4 is 0 Å². The molecule has 0 spiro atoms. The highest BCUT2D eigenvalue weighted by atomic mass is 16.5. The highest BCUT2D eigenvalue weighted by Crippen LogP contribution is 2.24. The Balaban J connectivity index is 1.49. The fraction of sp³-hybridized carbons (Fsp3) is 0.850. The lowest BCUT2D eigenvalue weighted by molar-refractivity contribution is -0.136. The molecule has 0 aromatic carbocycles. The summed E-state index contributed by atoms with van der Waals surface area (Å²) in [6.45, 7) is 15.7. The maximum absolute atomic E-state index is 12.6. The molecule has 3 rings (SSSR count). The number of piperazine rings is 1. The van der Waals surface area contributed by atoms with Gasteiger partial charge < -0.3 is 9.42 Å². The van der Waals surface area contributed by atoms with E-state index in [-0.39, 0.29) is 17.4 Å². The number of aromatic nitrogens is 2. The second-order valence-corrected chi connectivity index (χ2v) is 9.13. The summed E-state index contributed by atoms with van der Waals surface area (Å²) in [7, 11) is 0. The average molecular weight is 378 g/mol. The number of rotatable bonds is 4. The third-order valence-corrected chi connectivity index (χ3v) is 5.91. The molecule has 0 bridgehead atoms. The molecule has 7 heteroatoms. The van der Waals surface area contributed by atoms with Gasteiger partial charge in [0.15, 0.2) is 5.82 Å². The molecule has 27 heavy (non-hydrogen) atoms. The number of hydrogen-bond donors (Lipinski definition) is 0. The third kappa shape index (κ3) is 4.88. The van der Waals surface area contributed by atoms with Crippen LogP contribution in [0.25, 0.3) is 0 Å². The summed E-state index contributed by atoms with van der Waals surface area (Å²) in [5.74, 6) is 1.73. The van der Waals surface area contributed by atoms with E-state index in [4.69, 9.17) is 4.52 Å². The van der Waals surface area contributed by atoms with Crippen LogP contribution in [0.1, 0.15) is 71.6 Å². The van der Waals surface area contributed by atoms with Gasteiger partial charge in [-0.1, -0.05) is 25.9 Å². The minimum absolute atomic E-state index is 0.105. The maximum Gasteiger partial charge on any atom is 0.243 e. The van der Waals surface area contributed by atoms with Crippen molar-refractivity contribution in [1.82, 2.24) is 24.8 Å². The molecule has 0 aliphatic carbocycles. The molecule has 1 aromatic rings. The summed E-state index contributed by atoms with van der Waals surface area (Å²) in [5, 5.41) is 4.14. The molecule has 7 nitrogen and oxygen atoms in total. The quantitative estimate of drug-likeness (QED) is 0.803. The van der Waals surface area contributed by atoms with Crippen LogP contribution in [0.15, 0.2) is 4.52 Å². The molecule has 152 valence electrons. The molecule has 2 aliphatic rings. The van der Waals surface area contributed by atoms with Crippen LogP contribution in [0.5, 0.6) is 0 Å². The molecule has 2 aliphatic heterocycles. The highest BCUT2D eigenvalue weighted by Gasteiger charge is 2.30. The van der Waals surface area contributed by atoms with E-state index in [1.807, 2.05) is 0 Å². The van der Waals surface area contributed by atoms with Gasteiger partial charge in [-0.05, 0) is 33.1 Å². The van der Waals surface area contributed by atoms with Gasteiger partial charge in [0, 0.05) is 44.2 Å². The van der Waals surface area contributed by atoms with Crippen molar-refractivity contribution in [1.29, 1.82) is 0 Å². The Morgan fingerprint density at radius 2 is 1.89 bits per heavy atom. The summed E-state index contributed by atoms with van der Waals surface area (Å²) in [5.41, 5.74) is -0.105. The number of nitrogens with zero attached hydrogens (tertiary/aromatic N) is 5. The first kappa shape index (κ1) is 20.3. The molecule has 0 unspecified atom stereocenters. The molecule has 0 N–H and O–H groups in total. The standard InChI is InChI=1S/C20H35N5O2/c1-15-8-6-7-9-25(15)17(26)14-23-10-12-24(13-11-23)16(2)18-21-19(22-27-18)20(3,4)5/h15-16H,6-14H2,1-5H3/t15-,16-/m0/s1. The number of likely N-dealkylation sites (tertiary alicyclic amines) is 1. The summed E-state index contributed by atoms with van der Waals surface area (Å²) >= 11 is 0. The first-order valence-electron chi connectivity index (χ1n) is 10.4. The van der Waals surface area contributed by atoms with E-state index >= 15 is 0 Å². The fourth-order valence-corrected chi connectivity index (χ4v) is 3.93. The smallest absolute Gasteiger partial charge is 0.243 e. The molecule has 0 saturated carbocycles. The Bertz CT molecular complexity index is 631. The Kier molecular flexibility index (Phi) is 6.21. The molecule has 1 amide bonds. The van der Waals surface area contributed by atoms with Gasteiger partial charge in [0.25, 0.3) is 0 Å². The first-order chi connectivity index (χ1) is 12.8. The van der Waals surface area contributed by atoms with E-state index in [2.05, 4.69) is 59.5 Å². The Morgan fingerprint density at radius 3 is 2.48 bits per heavy atom. The van der Waals surface area contributed by atoms with Crippen molar-refractivity contribution in [3.63, 3.8) is 0 Å². The van der Waals surface area contributed by atoms with Gasteiger partial charge in [-0.3, -0.25) is 14.6 Å². The monoisotopic (exact) mass is 377 g/mol. The van der Waals surface area contributed by atoms with Gasteiger partial charge in [-0.25, -0.2) is 0 Å². The van der Waals surface area contributed by atoms with Crippen molar-refractivity contribution in [2.24, 2.45) is 0 Å². The van der Waals surface area contributed by atoms with E-state index in [1.54, 1.807) is 0 Å². The molecule has 3 heterocycles. The average Bonchev–Trinajstić information content (AvgIpc) is 3.12. The predicted octanol–water partition coefficient (Wildman–Crippen LogP) is 2.45. The zero-order valence-corrected chi connectivity index (χ0v) is 17.6. The summed E-state index contributed by atoms with van der Waals surface area (Å²) < 4.78 is 5.51. The molecular formula is C20H35N5O2. The minimum atomic E-state index is -0.105. The van der Waals surface area contributed by atoms with Crippen molar-refractivity contribution in [3.05, 3.63) is 11.7 Å². The van der Waals surface area contributed by atoms with Gasteiger partial charge in [0.2, 0.25) is 11.8 Å². The zero-order valence-electron chi connectivity index (χ0n) is 17.6. The lowest BCUT2D eigenvalue weighted by Gasteiger charge is -2.39. The summed E-state index contributed by atoms with van der Waals surface area (Å²) in [6, 6.07) is 0.496. The van der Waals surface area contributed by atoms with Gasteiger partial charge in [-0.2, -0.15) is 4.98 Å². The van der Waals surface area contributed by atoms with E-state index < -0.39 is 0 Å². The van der Waals surface area contributed by atoms with Crippen LogP contribution in [-0.2, 0) is 10.2 Å². The third-order valence-electron chi connectivity index (χ3n) is 5.91. The molecular weight excluding hydrogens is 342 g/mol. The summed E-state index contributed by atoms with van der Waals surface area (Å²) in [6.07, 6.45) is 3.52. The van der Waals surface area contributed by atoms with Crippen molar-refractivity contribution < 1.29 is 9.32 Å². The van der Waals surface area contributed by atoms with Gasteiger partial charge in [-0.15, -0.1) is 0 Å². The number of carbonyl (C=O) groups excluding carboxylic acids is 1. The predicted molar refractivity (Wildman–Crippen MR) is 104 cm³/mol. The Hall–Kier alpha value is -1.47. The molecule has 2 fully saturated rings. The zero-order chi connectivity index (χ0) is 19.6. The van der Waals surface area contributed by atoms with E-state index in [0.29, 0.717) is 18.5 Å². The van der Waals surface area contributed by atoms with Crippen LogP contribution in [-0.4, -0.2) is 76.1 Å². The SMILES string of the molecule is C[C@@H](c1nc(C(C)(C)C)no1)N1CCN(CC(=O)N2CCCC[C@@H]2C)CC1. The number of amides is 1. The highest BCUT2D eigenvalue weighted by molar-refractivity contribution is 5.78. The van der Waals surface area contributed by atoms with Crippen LogP contribution in [0.3, 0.4) is 0 Å². The molecule has 2 saturated heterocycles. The number of hydrogen-bond acceptors (Lipinski definition) is 6. The maximum atomic E-state index is 12.6. The molecule has 0 radical (unpaired) electrons. The fourth-order valence-electron chi connectivity index (χ4n) is 3.93. The number of piperidine rings is 1. The second-order valence-electron chi connectivity index (χ2n) is 9.13. The van der Waals surface area contributed by atoms with E-state index in [1.165, 1.54) is 6.42 Å².